The Kier molecular flexibility index (Phi) is 4.72. The molecular weight excluding hydrogens is 206 g/mol. The van der Waals surface area contributed by atoms with Gasteiger partial charge >= 0.3 is 0 Å². The minimum atomic E-state index is -0.134. The fraction of sp³-hybridized carbons (Fsp3) is 0.455. The minimum absolute atomic E-state index is 0.134. The Hall–Kier alpha value is -1.62. The van der Waals surface area contributed by atoms with Gasteiger partial charge in [0, 0.05) is 26.4 Å². The molecule has 5 heteroatoms. The molecule has 1 rings (SSSR count). The third kappa shape index (κ3) is 3.20. The highest BCUT2D eigenvalue weighted by Crippen LogP contribution is 2.09. The molecule has 1 aromatic rings. The van der Waals surface area contributed by atoms with Crippen LogP contribution in [0.5, 0.6) is 0 Å². The smallest absolute Gasteiger partial charge is 0.257 e. The van der Waals surface area contributed by atoms with Gasteiger partial charge in [0.2, 0.25) is 0 Å². The van der Waals surface area contributed by atoms with E-state index < -0.39 is 0 Å². The van der Waals surface area contributed by atoms with Gasteiger partial charge in [0.05, 0.1) is 12.2 Å². The maximum absolute atomic E-state index is 11.9. The second kappa shape index (κ2) is 6.07. The first-order valence-electron chi connectivity index (χ1n) is 5.20. The second-order valence-corrected chi connectivity index (χ2v) is 3.36. The van der Waals surface area contributed by atoms with Gasteiger partial charge in [-0.1, -0.05) is 0 Å². The molecule has 0 unspecified atom stereocenters. The molecule has 16 heavy (non-hydrogen) atoms. The van der Waals surface area contributed by atoms with Crippen LogP contribution >= 0.6 is 0 Å². The summed E-state index contributed by atoms with van der Waals surface area (Å²) in [5.74, 6) is 0.126. The van der Waals surface area contributed by atoms with Crippen molar-refractivity contribution < 1.29 is 9.53 Å². The van der Waals surface area contributed by atoms with Gasteiger partial charge in [-0.25, -0.2) is 4.98 Å². The number of rotatable bonds is 5. The Morgan fingerprint density at radius 2 is 2.38 bits per heavy atom. The summed E-state index contributed by atoms with van der Waals surface area (Å²) in [6.07, 6.45) is 1.56. The van der Waals surface area contributed by atoms with E-state index in [-0.39, 0.29) is 11.7 Å². The molecule has 0 aromatic carbocycles. The number of amides is 1. The van der Waals surface area contributed by atoms with Crippen molar-refractivity contribution in [3.63, 3.8) is 0 Å². The van der Waals surface area contributed by atoms with Crippen molar-refractivity contribution in [3.8, 4) is 0 Å². The first-order chi connectivity index (χ1) is 7.66. The Morgan fingerprint density at radius 1 is 1.62 bits per heavy atom. The van der Waals surface area contributed by atoms with Gasteiger partial charge in [-0.15, -0.1) is 0 Å². The number of carbonyl (C=O) groups excluding carboxylic acids is 1. The van der Waals surface area contributed by atoms with Crippen molar-refractivity contribution in [3.05, 3.63) is 23.9 Å². The van der Waals surface area contributed by atoms with E-state index in [0.717, 1.165) is 0 Å². The van der Waals surface area contributed by atoms with E-state index in [1.807, 2.05) is 6.92 Å². The number of likely N-dealkylation sites (N-methyl/N-ethyl adjacent to an activating group) is 1. The molecule has 0 aliphatic heterocycles. The Morgan fingerprint density at radius 3 is 3.00 bits per heavy atom. The second-order valence-electron chi connectivity index (χ2n) is 3.36. The monoisotopic (exact) mass is 223 g/mol. The van der Waals surface area contributed by atoms with Crippen LogP contribution in [0.25, 0.3) is 0 Å². The lowest BCUT2D eigenvalue weighted by Crippen LogP contribution is -2.30. The van der Waals surface area contributed by atoms with Crippen LogP contribution in [0.2, 0.25) is 0 Å². The zero-order valence-electron chi connectivity index (χ0n) is 9.64. The predicted molar refractivity (Wildman–Crippen MR) is 62.1 cm³/mol. The molecular formula is C11H17N3O2. The molecule has 0 aliphatic rings. The van der Waals surface area contributed by atoms with E-state index in [1.165, 1.54) is 0 Å². The van der Waals surface area contributed by atoms with Crippen molar-refractivity contribution >= 4 is 11.7 Å². The van der Waals surface area contributed by atoms with Crippen molar-refractivity contribution in [1.82, 2.24) is 9.88 Å². The zero-order chi connectivity index (χ0) is 12.0. The maximum atomic E-state index is 11.9. The van der Waals surface area contributed by atoms with E-state index in [4.69, 9.17) is 10.5 Å². The fourth-order valence-electron chi connectivity index (χ4n) is 1.25. The van der Waals surface area contributed by atoms with E-state index in [9.17, 15) is 4.79 Å². The molecule has 0 radical (unpaired) electrons. The third-order valence-electron chi connectivity index (χ3n) is 2.19. The van der Waals surface area contributed by atoms with Gasteiger partial charge in [-0.2, -0.15) is 0 Å². The first kappa shape index (κ1) is 12.4. The lowest BCUT2D eigenvalue weighted by Gasteiger charge is -2.17. The topological polar surface area (TPSA) is 68.5 Å². The van der Waals surface area contributed by atoms with Crippen LogP contribution in [-0.4, -0.2) is 42.6 Å². The van der Waals surface area contributed by atoms with Crippen LogP contribution in [0.15, 0.2) is 18.3 Å². The zero-order valence-corrected chi connectivity index (χ0v) is 9.64. The Labute approximate surface area is 95.2 Å². The summed E-state index contributed by atoms with van der Waals surface area (Å²) < 4.78 is 5.18. The molecule has 0 aliphatic carbocycles. The number of pyridine rings is 1. The van der Waals surface area contributed by atoms with Gasteiger partial charge in [0.25, 0.3) is 5.91 Å². The van der Waals surface area contributed by atoms with E-state index in [2.05, 4.69) is 4.98 Å². The lowest BCUT2D eigenvalue weighted by atomic mass is 10.2. The average Bonchev–Trinajstić information content (AvgIpc) is 2.29. The number of nitrogens with zero attached hydrogens (tertiary/aromatic N) is 2. The number of hydrogen-bond donors (Lipinski definition) is 1. The van der Waals surface area contributed by atoms with Gasteiger partial charge in [0.15, 0.2) is 0 Å². The summed E-state index contributed by atoms with van der Waals surface area (Å²) in [6, 6.07) is 3.36. The summed E-state index contributed by atoms with van der Waals surface area (Å²) in [5, 5.41) is 0. The average molecular weight is 223 g/mol. The number of anilines is 1. The first-order valence-corrected chi connectivity index (χ1v) is 5.20. The Bertz CT molecular complexity index is 355. The lowest BCUT2D eigenvalue weighted by molar-refractivity contribution is 0.0710. The number of hydrogen-bond acceptors (Lipinski definition) is 4. The summed E-state index contributed by atoms with van der Waals surface area (Å²) in [5.41, 5.74) is 6.06. The number of carbonyl (C=O) groups is 1. The van der Waals surface area contributed by atoms with Crippen LogP contribution in [0.3, 0.4) is 0 Å². The molecule has 0 saturated carbocycles. The predicted octanol–water partition coefficient (Wildman–Crippen LogP) is 0.772. The van der Waals surface area contributed by atoms with Gasteiger partial charge in [-0.05, 0) is 19.1 Å². The summed E-state index contributed by atoms with van der Waals surface area (Å²) in [4.78, 5) is 17.4. The molecule has 0 atom stereocenters. The van der Waals surface area contributed by atoms with Crippen molar-refractivity contribution in [2.75, 3.05) is 32.5 Å². The van der Waals surface area contributed by atoms with Crippen LogP contribution in [0.4, 0.5) is 5.82 Å². The number of aromatic nitrogens is 1. The molecule has 1 aromatic heterocycles. The summed E-state index contributed by atoms with van der Waals surface area (Å²) >= 11 is 0. The summed E-state index contributed by atoms with van der Waals surface area (Å²) in [7, 11) is 1.72. The molecule has 0 spiro atoms. The SMILES string of the molecule is CCOCCN(C)C(=O)c1cccnc1N. The minimum Gasteiger partial charge on any atom is -0.383 e. The standard InChI is InChI=1S/C11H17N3O2/c1-3-16-8-7-14(2)11(15)9-5-4-6-13-10(9)12/h4-6H,3,7-8H2,1-2H3,(H2,12,13). The van der Waals surface area contributed by atoms with E-state index in [0.29, 0.717) is 25.3 Å². The van der Waals surface area contributed by atoms with E-state index >= 15 is 0 Å². The highest BCUT2D eigenvalue weighted by atomic mass is 16.5. The van der Waals surface area contributed by atoms with Gasteiger partial charge in [0.1, 0.15) is 5.82 Å². The van der Waals surface area contributed by atoms with Gasteiger partial charge < -0.3 is 15.4 Å². The molecule has 2 N–H and O–H groups in total. The highest BCUT2D eigenvalue weighted by molar-refractivity contribution is 5.98. The van der Waals surface area contributed by atoms with Crippen LogP contribution in [0, 0.1) is 0 Å². The molecule has 1 amide bonds. The van der Waals surface area contributed by atoms with Crippen LogP contribution < -0.4 is 5.73 Å². The van der Waals surface area contributed by atoms with Crippen molar-refractivity contribution in [2.24, 2.45) is 0 Å². The van der Waals surface area contributed by atoms with Crippen molar-refractivity contribution in [2.45, 2.75) is 6.92 Å². The quantitative estimate of drug-likeness (QED) is 0.749. The Balaban J connectivity index is 2.60. The number of ether oxygens (including phenoxy) is 1. The molecule has 88 valence electrons. The summed E-state index contributed by atoms with van der Waals surface area (Å²) in [6.45, 7) is 3.64. The van der Waals surface area contributed by atoms with E-state index in [1.54, 1.807) is 30.3 Å². The molecule has 0 saturated heterocycles. The number of nitrogen functional groups attached to an aromatic ring is 1. The maximum Gasteiger partial charge on any atom is 0.257 e. The normalized spacial score (nSPS) is 10.1. The van der Waals surface area contributed by atoms with Crippen LogP contribution in [0.1, 0.15) is 17.3 Å². The molecule has 0 fully saturated rings. The van der Waals surface area contributed by atoms with Crippen molar-refractivity contribution in [1.29, 1.82) is 0 Å². The largest absolute Gasteiger partial charge is 0.383 e. The molecule has 0 bridgehead atoms. The third-order valence-corrected chi connectivity index (χ3v) is 2.19. The van der Waals surface area contributed by atoms with Crippen LogP contribution in [-0.2, 0) is 4.74 Å². The fourth-order valence-corrected chi connectivity index (χ4v) is 1.25. The van der Waals surface area contributed by atoms with Gasteiger partial charge in [-0.3, -0.25) is 4.79 Å². The molecule has 1 heterocycles. The number of nitrogens with two attached hydrogens (primary N) is 1. The molecule has 5 nitrogen and oxygen atoms in total. The highest BCUT2D eigenvalue weighted by Gasteiger charge is 2.14.